The summed E-state index contributed by atoms with van der Waals surface area (Å²) in [6, 6.07) is 5.65. The molecule has 1 heterocycles. The van der Waals surface area contributed by atoms with Crippen molar-refractivity contribution in [2.75, 3.05) is 31.2 Å². The Morgan fingerprint density at radius 3 is 2.53 bits per heavy atom. The minimum atomic E-state index is -0.748. The molecule has 102 valence electrons. The molecule has 0 bridgehead atoms. The van der Waals surface area contributed by atoms with Gasteiger partial charge in [-0.25, -0.2) is 0 Å². The van der Waals surface area contributed by atoms with Crippen LogP contribution in [0.3, 0.4) is 0 Å². The molecule has 1 aromatic carbocycles. The highest BCUT2D eigenvalue weighted by atomic mass is 35.5. The van der Waals surface area contributed by atoms with Gasteiger partial charge < -0.3 is 14.7 Å². The molecule has 1 aromatic rings. The highest BCUT2D eigenvalue weighted by Gasteiger charge is 2.51. The van der Waals surface area contributed by atoms with E-state index in [9.17, 15) is 9.90 Å². The van der Waals surface area contributed by atoms with Gasteiger partial charge in [-0.1, -0.05) is 17.7 Å². The first-order valence-corrected chi connectivity index (χ1v) is 6.87. The molecule has 2 aliphatic rings. The van der Waals surface area contributed by atoms with E-state index in [0.29, 0.717) is 31.1 Å². The second-order valence-corrected chi connectivity index (χ2v) is 5.56. The highest BCUT2D eigenvalue weighted by Crippen LogP contribution is 2.49. The number of halogens is 1. The lowest BCUT2D eigenvalue weighted by Crippen LogP contribution is -2.36. The molecule has 0 spiro atoms. The van der Waals surface area contributed by atoms with Gasteiger partial charge in [-0.05, 0) is 30.5 Å². The Kier molecular flexibility index (Phi) is 3.15. The number of ether oxygens (including phenoxy) is 1. The van der Waals surface area contributed by atoms with Crippen molar-refractivity contribution < 1.29 is 14.6 Å². The van der Waals surface area contributed by atoms with Crippen molar-refractivity contribution in [3.8, 4) is 0 Å². The maximum absolute atomic E-state index is 11.3. The van der Waals surface area contributed by atoms with Crippen molar-refractivity contribution >= 4 is 23.3 Å². The van der Waals surface area contributed by atoms with Crippen LogP contribution >= 0.6 is 11.6 Å². The lowest BCUT2D eigenvalue weighted by molar-refractivity contribution is -0.140. The number of hydrogen-bond donors (Lipinski definition) is 1. The summed E-state index contributed by atoms with van der Waals surface area (Å²) in [6.07, 6.45) is 1.41. The van der Waals surface area contributed by atoms with Gasteiger partial charge >= 0.3 is 5.97 Å². The summed E-state index contributed by atoms with van der Waals surface area (Å²) >= 11 is 6.33. The predicted octanol–water partition coefficient (Wildman–Crippen LogP) is 2.29. The quantitative estimate of drug-likeness (QED) is 0.924. The standard InChI is InChI=1S/C14H16ClNO3/c15-11-9-10(14(3-4-14)13(17)18)1-2-12(11)16-5-7-19-8-6-16/h1-2,9H,3-8H2,(H,17,18). The normalized spacial score (nSPS) is 21.2. The molecule has 19 heavy (non-hydrogen) atoms. The molecule has 0 amide bonds. The van der Waals surface area contributed by atoms with Gasteiger partial charge in [-0.15, -0.1) is 0 Å². The third-order valence-electron chi connectivity index (χ3n) is 4.01. The second-order valence-electron chi connectivity index (χ2n) is 5.15. The first-order chi connectivity index (χ1) is 9.13. The number of carbonyl (C=O) groups is 1. The van der Waals surface area contributed by atoms with E-state index in [2.05, 4.69) is 4.90 Å². The fraction of sp³-hybridized carbons (Fsp3) is 0.500. The highest BCUT2D eigenvalue weighted by molar-refractivity contribution is 6.33. The molecule has 1 saturated heterocycles. The van der Waals surface area contributed by atoms with E-state index in [-0.39, 0.29) is 0 Å². The predicted molar refractivity (Wildman–Crippen MR) is 73.0 cm³/mol. The SMILES string of the molecule is O=C(O)C1(c2ccc(N3CCOCC3)c(Cl)c2)CC1. The molecular formula is C14H16ClNO3. The smallest absolute Gasteiger partial charge is 0.314 e. The number of morpholine rings is 1. The van der Waals surface area contributed by atoms with Gasteiger partial charge in [0.2, 0.25) is 0 Å². The van der Waals surface area contributed by atoms with E-state index in [1.165, 1.54) is 0 Å². The number of aliphatic carboxylic acids is 1. The zero-order valence-electron chi connectivity index (χ0n) is 10.6. The van der Waals surface area contributed by atoms with Crippen LogP contribution in [0.5, 0.6) is 0 Å². The number of rotatable bonds is 3. The molecule has 5 heteroatoms. The molecule has 1 N–H and O–H groups in total. The van der Waals surface area contributed by atoms with E-state index in [1.54, 1.807) is 0 Å². The maximum Gasteiger partial charge on any atom is 0.314 e. The largest absolute Gasteiger partial charge is 0.481 e. The summed E-state index contributed by atoms with van der Waals surface area (Å²) in [5.41, 5.74) is 1.10. The van der Waals surface area contributed by atoms with Crippen LogP contribution < -0.4 is 4.90 Å². The minimum absolute atomic E-state index is 0.631. The zero-order chi connectivity index (χ0) is 13.5. The van der Waals surface area contributed by atoms with Crippen LogP contribution in [0.1, 0.15) is 18.4 Å². The molecule has 2 fully saturated rings. The lowest BCUT2D eigenvalue weighted by atomic mass is 9.96. The van der Waals surface area contributed by atoms with Gasteiger partial charge in [-0.2, -0.15) is 0 Å². The molecule has 4 nitrogen and oxygen atoms in total. The first kappa shape index (κ1) is 12.8. The summed E-state index contributed by atoms with van der Waals surface area (Å²) < 4.78 is 5.32. The Morgan fingerprint density at radius 1 is 1.32 bits per heavy atom. The second kappa shape index (κ2) is 4.69. The van der Waals surface area contributed by atoms with Crippen molar-refractivity contribution in [3.05, 3.63) is 28.8 Å². The molecule has 1 aliphatic carbocycles. The molecule has 1 saturated carbocycles. The van der Waals surface area contributed by atoms with Crippen molar-refractivity contribution in [1.29, 1.82) is 0 Å². The Labute approximate surface area is 116 Å². The van der Waals surface area contributed by atoms with Crippen LogP contribution in [0.2, 0.25) is 5.02 Å². The van der Waals surface area contributed by atoms with Crippen LogP contribution in [0.25, 0.3) is 0 Å². The van der Waals surface area contributed by atoms with Crippen LogP contribution in [0, 0.1) is 0 Å². The molecule has 3 rings (SSSR count). The topological polar surface area (TPSA) is 49.8 Å². The summed E-state index contributed by atoms with van der Waals surface area (Å²) in [5, 5.41) is 9.93. The molecule has 0 radical (unpaired) electrons. The van der Waals surface area contributed by atoms with Crippen molar-refractivity contribution in [2.45, 2.75) is 18.3 Å². The molecule has 0 atom stereocenters. The minimum Gasteiger partial charge on any atom is -0.481 e. The number of benzene rings is 1. The molecule has 0 aromatic heterocycles. The number of hydrogen-bond acceptors (Lipinski definition) is 3. The average Bonchev–Trinajstić information content (AvgIpc) is 3.21. The first-order valence-electron chi connectivity index (χ1n) is 6.50. The van der Waals surface area contributed by atoms with E-state index in [0.717, 1.165) is 24.3 Å². The lowest BCUT2D eigenvalue weighted by Gasteiger charge is -2.30. The van der Waals surface area contributed by atoms with E-state index in [1.807, 2.05) is 18.2 Å². The summed E-state index contributed by atoms with van der Waals surface area (Å²) in [6.45, 7) is 3.06. The summed E-state index contributed by atoms with van der Waals surface area (Å²) in [5.74, 6) is -0.748. The van der Waals surface area contributed by atoms with Gasteiger partial charge in [0.1, 0.15) is 0 Å². The van der Waals surface area contributed by atoms with Crippen LogP contribution in [0.15, 0.2) is 18.2 Å². The third-order valence-corrected chi connectivity index (χ3v) is 4.31. The summed E-state index contributed by atoms with van der Waals surface area (Å²) in [4.78, 5) is 13.5. The van der Waals surface area contributed by atoms with Crippen LogP contribution in [-0.2, 0) is 14.9 Å². The van der Waals surface area contributed by atoms with E-state index in [4.69, 9.17) is 16.3 Å². The fourth-order valence-electron chi connectivity index (χ4n) is 2.62. The van der Waals surface area contributed by atoms with Crippen molar-refractivity contribution in [2.24, 2.45) is 0 Å². The third kappa shape index (κ3) is 2.19. The van der Waals surface area contributed by atoms with Gasteiger partial charge in [0, 0.05) is 13.1 Å². The van der Waals surface area contributed by atoms with Gasteiger partial charge in [0.15, 0.2) is 0 Å². The molecule has 0 unspecified atom stereocenters. The maximum atomic E-state index is 11.3. The van der Waals surface area contributed by atoms with Gasteiger partial charge in [0.25, 0.3) is 0 Å². The Hall–Kier alpha value is -1.26. The van der Waals surface area contributed by atoms with Crippen LogP contribution in [-0.4, -0.2) is 37.4 Å². The Balaban J connectivity index is 1.88. The van der Waals surface area contributed by atoms with E-state index < -0.39 is 11.4 Å². The number of nitrogens with zero attached hydrogens (tertiary/aromatic N) is 1. The van der Waals surface area contributed by atoms with E-state index >= 15 is 0 Å². The monoisotopic (exact) mass is 281 g/mol. The Bertz CT molecular complexity index is 507. The number of carboxylic acid groups (broad SMARTS) is 1. The number of carboxylic acids is 1. The molecule has 1 aliphatic heterocycles. The Morgan fingerprint density at radius 2 is 2.00 bits per heavy atom. The van der Waals surface area contributed by atoms with Crippen LogP contribution in [0.4, 0.5) is 5.69 Å². The van der Waals surface area contributed by atoms with Gasteiger partial charge in [-0.3, -0.25) is 4.79 Å². The zero-order valence-corrected chi connectivity index (χ0v) is 11.3. The van der Waals surface area contributed by atoms with Crippen molar-refractivity contribution in [3.63, 3.8) is 0 Å². The fourth-order valence-corrected chi connectivity index (χ4v) is 2.92. The average molecular weight is 282 g/mol. The van der Waals surface area contributed by atoms with Crippen molar-refractivity contribution in [1.82, 2.24) is 0 Å². The van der Waals surface area contributed by atoms with Gasteiger partial charge in [0.05, 0.1) is 29.3 Å². The number of anilines is 1. The molecular weight excluding hydrogens is 266 g/mol. The summed E-state index contributed by atoms with van der Waals surface area (Å²) in [7, 11) is 0.